The van der Waals surface area contributed by atoms with E-state index in [0.29, 0.717) is 5.02 Å². The minimum atomic E-state index is -4.12. The van der Waals surface area contributed by atoms with Crippen LogP contribution in [0.15, 0.2) is 24.3 Å². The van der Waals surface area contributed by atoms with E-state index in [0.717, 1.165) is 5.56 Å². The van der Waals surface area contributed by atoms with Gasteiger partial charge in [-0.25, -0.2) is 0 Å². The van der Waals surface area contributed by atoms with Crippen molar-refractivity contribution in [2.75, 3.05) is 7.05 Å². The van der Waals surface area contributed by atoms with Crippen LogP contribution in [-0.2, 0) is 0 Å². The Kier molecular flexibility index (Phi) is 4.62. The Labute approximate surface area is 97.6 Å². The zero-order chi connectivity index (χ0) is 12.2. The Morgan fingerprint density at radius 1 is 1.38 bits per heavy atom. The van der Waals surface area contributed by atoms with Gasteiger partial charge in [0.25, 0.3) is 0 Å². The third-order valence-electron chi connectivity index (χ3n) is 2.32. The zero-order valence-corrected chi connectivity index (χ0v) is 9.57. The highest BCUT2D eigenvalue weighted by molar-refractivity contribution is 6.30. The van der Waals surface area contributed by atoms with Crippen molar-refractivity contribution < 1.29 is 13.2 Å². The molecule has 0 aliphatic heterocycles. The SMILES string of the molecule is CNC(CCC(F)(F)F)c1cccc(Cl)c1. The number of halogens is 4. The maximum Gasteiger partial charge on any atom is 0.389 e. The fourth-order valence-corrected chi connectivity index (χ4v) is 1.71. The lowest BCUT2D eigenvalue weighted by Crippen LogP contribution is -2.19. The van der Waals surface area contributed by atoms with Gasteiger partial charge in [0.2, 0.25) is 0 Å². The summed E-state index contributed by atoms with van der Waals surface area (Å²) in [4.78, 5) is 0. The smallest absolute Gasteiger partial charge is 0.313 e. The van der Waals surface area contributed by atoms with Crippen LogP contribution < -0.4 is 5.32 Å². The van der Waals surface area contributed by atoms with Crippen molar-refractivity contribution in [3.05, 3.63) is 34.9 Å². The van der Waals surface area contributed by atoms with E-state index in [2.05, 4.69) is 5.32 Å². The van der Waals surface area contributed by atoms with E-state index in [4.69, 9.17) is 11.6 Å². The van der Waals surface area contributed by atoms with Crippen LogP contribution in [0.2, 0.25) is 5.02 Å². The van der Waals surface area contributed by atoms with Gasteiger partial charge >= 0.3 is 6.18 Å². The van der Waals surface area contributed by atoms with Crippen molar-refractivity contribution in [3.63, 3.8) is 0 Å². The van der Waals surface area contributed by atoms with Gasteiger partial charge < -0.3 is 5.32 Å². The molecular formula is C11H13ClF3N. The van der Waals surface area contributed by atoms with Crippen molar-refractivity contribution in [2.45, 2.75) is 25.1 Å². The Morgan fingerprint density at radius 3 is 2.56 bits per heavy atom. The molecule has 1 unspecified atom stereocenters. The molecule has 0 bridgehead atoms. The summed E-state index contributed by atoms with van der Waals surface area (Å²) in [5.41, 5.74) is 0.777. The first-order chi connectivity index (χ1) is 7.42. The van der Waals surface area contributed by atoms with Crippen LogP contribution in [0.25, 0.3) is 0 Å². The van der Waals surface area contributed by atoms with Gasteiger partial charge in [-0.3, -0.25) is 0 Å². The fourth-order valence-electron chi connectivity index (χ4n) is 1.51. The summed E-state index contributed by atoms with van der Waals surface area (Å²) in [6, 6.07) is 6.56. The second-order valence-electron chi connectivity index (χ2n) is 3.55. The average Bonchev–Trinajstić information content (AvgIpc) is 2.17. The van der Waals surface area contributed by atoms with Gasteiger partial charge in [-0.1, -0.05) is 23.7 Å². The molecule has 0 aliphatic carbocycles. The molecule has 0 fully saturated rings. The quantitative estimate of drug-likeness (QED) is 0.855. The summed E-state index contributed by atoms with van der Waals surface area (Å²) in [6.07, 6.45) is -4.90. The lowest BCUT2D eigenvalue weighted by atomic mass is 10.0. The molecule has 0 aromatic heterocycles. The molecule has 1 atom stereocenters. The van der Waals surface area contributed by atoms with Crippen molar-refractivity contribution in [1.82, 2.24) is 5.32 Å². The van der Waals surface area contributed by atoms with E-state index < -0.39 is 12.6 Å². The molecule has 5 heteroatoms. The van der Waals surface area contributed by atoms with Crippen LogP contribution >= 0.6 is 11.6 Å². The highest BCUT2D eigenvalue weighted by Gasteiger charge is 2.28. The molecular weight excluding hydrogens is 239 g/mol. The molecule has 1 rings (SSSR count). The van der Waals surface area contributed by atoms with Gasteiger partial charge in [0, 0.05) is 17.5 Å². The number of hydrogen-bond acceptors (Lipinski definition) is 1. The van der Waals surface area contributed by atoms with Crippen LogP contribution in [0.5, 0.6) is 0 Å². The van der Waals surface area contributed by atoms with Gasteiger partial charge in [-0.05, 0) is 31.2 Å². The van der Waals surface area contributed by atoms with E-state index in [-0.39, 0.29) is 12.5 Å². The van der Waals surface area contributed by atoms with Gasteiger partial charge in [0.05, 0.1) is 0 Å². The maximum atomic E-state index is 12.1. The number of nitrogens with one attached hydrogen (secondary N) is 1. The first-order valence-corrected chi connectivity index (χ1v) is 5.29. The van der Waals surface area contributed by atoms with Gasteiger partial charge in [-0.15, -0.1) is 0 Å². The van der Waals surface area contributed by atoms with Crippen LogP contribution in [-0.4, -0.2) is 13.2 Å². The Bertz CT molecular complexity index is 338. The molecule has 0 spiro atoms. The molecule has 0 saturated heterocycles. The molecule has 1 nitrogen and oxygen atoms in total. The number of benzene rings is 1. The van der Waals surface area contributed by atoms with Gasteiger partial charge in [0.15, 0.2) is 0 Å². The summed E-state index contributed by atoms with van der Waals surface area (Å²) >= 11 is 5.79. The predicted molar refractivity (Wildman–Crippen MR) is 58.5 cm³/mol. The fraction of sp³-hybridized carbons (Fsp3) is 0.455. The molecule has 0 amide bonds. The summed E-state index contributed by atoms with van der Waals surface area (Å²) in [5, 5.41) is 3.39. The van der Waals surface area contributed by atoms with Crippen LogP contribution in [0.1, 0.15) is 24.4 Å². The van der Waals surface area contributed by atoms with Crippen LogP contribution in [0, 0.1) is 0 Å². The average molecular weight is 252 g/mol. The second-order valence-corrected chi connectivity index (χ2v) is 3.99. The molecule has 0 heterocycles. The summed E-state index contributed by atoms with van der Waals surface area (Å²) < 4.78 is 36.3. The predicted octanol–water partition coefficient (Wildman–Crippen LogP) is 3.94. The van der Waals surface area contributed by atoms with E-state index in [1.807, 2.05) is 0 Å². The summed E-state index contributed by atoms with van der Waals surface area (Å²) in [5.74, 6) is 0. The molecule has 16 heavy (non-hydrogen) atoms. The lowest BCUT2D eigenvalue weighted by molar-refractivity contribution is -0.136. The topological polar surface area (TPSA) is 12.0 Å². The van der Waals surface area contributed by atoms with Crippen LogP contribution in [0.3, 0.4) is 0 Å². The van der Waals surface area contributed by atoms with Crippen LogP contribution in [0.4, 0.5) is 13.2 Å². The maximum absolute atomic E-state index is 12.1. The Balaban J connectivity index is 2.68. The first-order valence-electron chi connectivity index (χ1n) is 4.92. The molecule has 0 saturated carbocycles. The third-order valence-corrected chi connectivity index (χ3v) is 2.55. The molecule has 90 valence electrons. The largest absolute Gasteiger partial charge is 0.389 e. The van der Waals surface area contributed by atoms with E-state index in [1.54, 1.807) is 31.3 Å². The summed E-state index contributed by atoms with van der Waals surface area (Å²) in [6.45, 7) is 0. The van der Waals surface area contributed by atoms with E-state index in [9.17, 15) is 13.2 Å². The molecule has 0 aliphatic rings. The number of alkyl halides is 3. The van der Waals surface area contributed by atoms with Crippen molar-refractivity contribution >= 4 is 11.6 Å². The molecule has 0 radical (unpaired) electrons. The monoisotopic (exact) mass is 251 g/mol. The molecule has 1 aromatic carbocycles. The zero-order valence-electron chi connectivity index (χ0n) is 8.81. The molecule has 1 aromatic rings. The third kappa shape index (κ3) is 4.41. The lowest BCUT2D eigenvalue weighted by Gasteiger charge is -2.17. The number of hydrogen-bond donors (Lipinski definition) is 1. The highest BCUT2D eigenvalue weighted by Crippen LogP contribution is 2.28. The van der Waals surface area contributed by atoms with E-state index in [1.165, 1.54) is 0 Å². The van der Waals surface area contributed by atoms with Crippen molar-refractivity contribution in [1.29, 1.82) is 0 Å². The first kappa shape index (κ1) is 13.3. The van der Waals surface area contributed by atoms with E-state index >= 15 is 0 Å². The molecule has 1 N–H and O–H groups in total. The van der Waals surface area contributed by atoms with Gasteiger partial charge in [0.1, 0.15) is 0 Å². The normalized spacial score (nSPS) is 13.8. The second kappa shape index (κ2) is 5.55. The Hall–Kier alpha value is -0.740. The standard InChI is InChI=1S/C11H13ClF3N/c1-16-10(5-6-11(13,14)15)8-3-2-4-9(12)7-8/h2-4,7,10,16H,5-6H2,1H3. The highest BCUT2D eigenvalue weighted by atomic mass is 35.5. The minimum absolute atomic E-state index is 0.0142. The van der Waals surface area contributed by atoms with Crippen molar-refractivity contribution in [2.24, 2.45) is 0 Å². The summed E-state index contributed by atoms with van der Waals surface area (Å²) in [7, 11) is 1.64. The number of rotatable bonds is 4. The minimum Gasteiger partial charge on any atom is -0.313 e. The van der Waals surface area contributed by atoms with Gasteiger partial charge in [-0.2, -0.15) is 13.2 Å². The van der Waals surface area contributed by atoms with Crippen molar-refractivity contribution in [3.8, 4) is 0 Å². The Morgan fingerprint density at radius 2 is 2.06 bits per heavy atom.